The second-order valence-electron chi connectivity index (χ2n) is 7.70. The Kier molecular flexibility index (Phi) is 5.07. The van der Waals surface area contributed by atoms with Crippen molar-refractivity contribution in [2.45, 2.75) is 19.4 Å². The molecular weight excluding hydrogens is 401 g/mol. The highest BCUT2D eigenvalue weighted by molar-refractivity contribution is 6.42. The normalized spacial score (nSPS) is 22.3. The monoisotopic (exact) mass is 421 g/mol. The Hall–Kier alpha value is -2.09. The molecule has 1 unspecified atom stereocenters. The summed E-state index contributed by atoms with van der Waals surface area (Å²) < 4.78 is 1.20. The molecule has 28 heavy (non-hydrogen) atoms. The van der Waals surface area contributed by atoms with Gasteiger partial charge in [0.05, 0.1) is 21.8 Å². The highest BCUT2D eigenvalue weighted by atomic mass is 35.5. The standard InChI is InChI=1S/C19H21Cl2N5O2/c20-15-2-1-13(7-16(15)21)9-24-5-3-19(11-24)4-6-25(12-19)18(28)26-10-14(8-23-26)17(22)27/h1-2,7-8,10H,3-6,9,11-12H2,(H2,22,27). The fourth-order valence-electron chi connectivity index (χ4n) is 4.19. The molecule has 1 aromatic carbocycles. The van der Waals surface area contributed by atoms with Crippen LogP contribution in [0.5, 0.6) is 0 Å². The molecule has 1 aromatic heterocycles. The average Bonchev–Trinajstić information content (AvgIpc) is 3.39. The number of aromatic nitrogens is 2. The number of halogens is 2. The SMILES string of the molecule is NC(=O)c1cnn(C(=O)N2CCC3(CCN(Cc4ccc(Cl)c(Cl)c4)C3)C2)c1. The van der Waals surface area contributed by atoms with Crippen molar-refractivity contribution in [3.05, 3.63) is 51.8 Å². The number of carbonyl (C=O) groups excluding carboxylic acids is 2. The van der Waals surface area contributed by atoms with E-state index in [1.165, 1.54) is 17.1 Å². The van der Waals surface area contributed by atoms with Gasteiger partial charge in [-0.15, -0.1) is 0 Å². The van der Waals surface area contributed by atoms with Crippen LogP contribution in [0.2, 0.25) is 10.0 Å². The van der Waals surface area contributed by atoms with Crippen molar-refractivity contribution in [1.82, 2.24) is 19.6 Å². The summed E-state index contributed by atoms with van der Waals surface area (Å²) in [4.78, 5) is 28.1. The molecule has 1 atom stereocenters. The number of rotatable bonds is 3. The van der Waals surface area contributed by atoms with E-state index in [4.69, 9.17) is 28.9 Å². The van der Waals surface area contributed by atoms with Gasteiger partial charge < -0.3 is 10.6 Å². The summed E-state index contributed by atoms with van der Waals surface area (Å²) in [5.41, 5.74) is 6.70. The maximum Gasteiger partial charge on any atom is 0.344 e. The molecule has 0 bridgehead atoms. The Balaban J connectivity index is 1.38. The van der Waals surface area contributed by atoms with Crippen LogP contribution in [-0.2, 0) is 6.54 Å². The van der Waals surface area contributed by atoms with Crippen molar-refractivity contribution in [2.24, 2.45) is 11.1 Å². The van der Waals surface area contributed by atoms with Gasteiger partial charge in [-0.05, 0) is 37.1 Å². The molecule has 2 aliphatic rings. The molecule has 3 heterocycles. The van der Waals surface area contributed by atoms with Gasteiger partial charge in [-0.25, -0.2) is 4.79 Å². The van der Waals surface area contributed by atoms with Crippen molar-refractivity contribution < 1.29 is 9.59 Å². The number of hydrogen-bond acceptors (Lipinski definition) is 4. The van der Waals surface area contributed by atoms with Gasteiger partial charge in [0.2, 0.25) is 0 Å². The Labute approximate surface area is 173 Å². The summed E-state index contributed by atoms with van der Waals surface area (Å²) in [5, 5.41) is 5.11. The van der Waals surface area contributed by atoms with E-state index in [1.54, 1.807) is 4.90 Å². The molecule has 9 heteroatoms. The maximum absolute atomic E-state index is 12.7. The Morgan fingerprint density at radius 2 is 1.93 bits per heavy atom. The van der Waals surface area contributed by atoms with Crippen molar-refractivity contribution in [3.63, 3.8) is 0 Å². The molecule has 7 nitrogen and oxygen atoms in total. The zero-order valence-corrected chi connectivity index (χ0v) is 16.8. The second-order valence-corrected chi connectivity index (χ2v) is 8.52. The molecule has 1 spiro atoms. The number of carbonyl (C=O) groups is 2. The molecule has 148 valence electrons. The van der Waals surface area contributed by atoms with Crippen LogP contribution in [0.4, 0.5) is 4.79 Å². The van der Waals surface area contributed by atoms with Crippen LogP contribution < -0.4 is 5.73 Å². The minimum Gasteiger partial charge on any atom is -0.366 e. The molecular formula is C19H21Cl2N5O2. The smallest absolute Gasteiger partial charge is 0.344 e. The number of nitrogens with two attached hydrogens (primary N) is 1. The van der Waals surface area contributed by atoms with E-state index in [0.717, 1.165) is 38.0 Å². The second kappa shape index (κ2) is 7.39. The first-order chi connectivity index (χ1) is 13.3. The third kappa shape index (κ3) is 3.74. The first kappa shape index (κ1) is 19.2. The van der Waals surface area contributed by atoms with Gasteiger partial charge in [0.25, 0.3) is 5.91 Å². The predicted molar refractivity (Wildman–Crippen MR) is 107 cm³/mol. The summed E-state index contributed by atoms with van der Waals surface area (Å²) in [6.07, 6.45) is 4.71. The minimum atomic E-state index is -0.592. The van der Waals surface area contributed by atoms with Crippen LogP contribution >= 0.6 is 23.2 Å². The van der Waals surface area contributed by atoms with Gasteiger partial charge in [-0.3, -0.25) is 9.69 Å². The Bertz CT molecular complexity index is 931. The van der Waals surface area contributed by atoms with Crippen LogP contribution in [0.15, 0.2) is 30.6 Å². The van der Waals surface area contributed by atoms with Gasteiger partial charge in [-0.1, -0.05) is 29.3 Å². The van der Waals surface area contributed by atoms with E-state index >= 15 is 0 Å². The van der Waals surface area contributed by atoms with E-state index in [1.807, 2.05) is 18.2 Å². The number of likely N-dealkylation sites (tertiary alicyclic amines) is 2. The van der Waals surface area contributed by atoms with Gasteiger partial charge in [0.1, 0.15) is 0 Å². The van der Waals surface area contributed by atoms with E-state index in [-0.39, 0.29) is 17.0 Å². The van der Waals surface area contributed by atoms with Gasteiger partial charge in [-0.2, -0.15) is 9.78 Å². The average molecular weight is 422 g/mol. The lowest BCUT2D eigenvalue weighted by molar-refractivity contribution is 0.100. The van der Waals surface area contributed by atoms with Crippen molar-refractivity contribution in [1.29, 1.82) is 0 Å². The maximum atomic E-state index is 12.7. The first-order valence-corrected chi connectivity index (χ1v) is 9.91. The molecule has 4 rings (SSSR count). The number of benzene rings is 1. The molecule has 2 amide bonds. The first-order valence-electron chi connectivity index (χ1n) is 9.15. The molecule has 0 saturated carbocycles. The lowest BCUT2D eigenvalue weighted by Gasteiger charge is -2.24. The van der Waals surface area contributed by atoms with Crippen LogP contribution in [0.25, 0.3) is 0 Å². The van der Waals surface area contributed by atoms with Gasteiger partial charge in [0, 0.05) is 37.8 Å². The zero-order chi connectivity index (χ0) is 19.9. The number of primary amides is 1. The quantitative estimate of drug-likeness (QED) is 0.825. The number of amides is 2. The lowest BCUT2D eigenvalue weighted by atomic mass is 9.86. The van der Waals surface area contributed by atoms with Crippen LogP contribution in [0, 0.1) is 5.41 Å². The third-order valence-corrected chi connectivity index (χ3v) is 6.42. The summed E-state index contributed by atoms with van der Waals surface area (Å²) in [7, 11) is 0. The zero-order valence-electron chi connectivity index (χ0n) is 15.3. The Morgan fingerprint density at radius 3 is 2.64 bits per heavy atom. The lowest BCUT2D eigenvalue weighted by Crippen LogP contribution is -2.36. The molecule has 2 fully saturated rings. The highest BCUT2D eigenvalue weighted by Gasteiger charge is 2.45. The summed E-state index contributed by atoms with van der Waals surface area (Å²) in [5.74, 6) is -0.592. The molecule has 0 aliphatic carbocycles. The van der Waals surface area contributed by atoms with Crippen LogP contribution in [-0.4, -0.2) is 57.7 Å². The van der Waals surface area contributed by atoms with Gasteiger partial charge in [0.15, 0.2) is 0 Å². The molecule has 0 radical (unpaired) electrons. The van der Waals surface area contributed by atoms with Crippen LogP contribution in [0.1, 0.15) is 28.8 Å². The fourth-order valence-corrected chi connectivity index (χ4v) is 4.51. The predicted octanol–water partition coefficient (Wildman–Crippen LogP) is 2.85. The Morgan fingerprint density at radius 1 is 1.14 bits per heavy atom. The summed E-state index contributed by atoms with van der Waals surface area (Å²) in [6.45, 7) is 4.10. The summed E-state index contributed by atoms with van der Waals surface area (Å²) in [6, 6.07) is 5.52. The third-order valence-electron chi connectivity index (χ3n) is 5.68. The molecule has 2 aromatic rings. The van der Waals surface area contributed by atoms with E-state index < -0.39 is 5.91 Å². The van der Waals surface area contributed by atoms with Crippen molar-refractivity contribution in [2.75, 3.05) is 26.2 Å². The number of nitrogens with zero attached hydrogens (tertiary/aromatic N) is 4. The summed E-state index contributed by atoms with van der Waals surface area (Å²) >= 11 is 12.1. The van der Waals surface area contributed by atoms with Gasteiger partial charge >= 0.3 is 6.03 Å². The van der Waals surface area contributed by atoms with Crippen LogP contribution in [0.3, 0.4) is 0 Å². The molecule has 2 N–H and O–H groups in total. The van der Waals surface area contributed by atoms with E-state index in [2.05, 4.69) is 10.00 Å². The van der Waals surface area contributed by atoms with E-state index in [0.29, 0.717) is 23.1 Å². The molecule has 2 saturated heterocycles. The van der Waals surface area contributed by atoms with Crippen molar-refractivity contribution in [3.8, 4) is 0 Å². The van der Waals surface area contributed by atoms with E-state index in [9.17, 15) is 9.59 Å². The largest absolute Gasteiger partial charge is 0.366 e. The molecule has 2 aliphatic heterocycles. The minimum absolute atomic E-state index is 0.103. The topological polar surface area (TPSA) is 84.5 Å². The fraction of sp³-hybridized carbons (Fsp3) is 0.421. The number of hydrogen-bond donors (Lipinski definition) is 1. The highest BCUT2D eigenvalue weighted by Crippen LogP contribution is 2.40. The van der Waals surface area contributed by atoms with Crippen molar-refractivity contribution >= 4 is 35.1 Å².